The topological polar surface area (TPSA) is 68.2 Å². The maximum absolute atomic E-state index is 13.0. The van der Waals surface area contributed by atoms with E-state index in [9.17, 15) is 9.59 Å². The van der Waals surface area contributed by atoms with Gasteiger partial charge in [0.15, 0.2) is 5.17 Å². The van der Waals surface area contributed by atoms with Crippen LogP contribution in [0.5, 0.6) is 5.75 Å². The molecule has 10 heteroatoms. The summed E-state index contributed by atoms with van der Waals surface area (Å²) in [5, 5.41) is 1.58. The summed E-state index contributed by atoms with van der Waals surface area (Å²) in [4.78, 5) is 31.1. The summed E-state index contributed by atoms with van der Waals surface area (Å²) in [6, 6.07) is 17.4. The van der Waals surface area contributed by atoms with E-state index in [-0.39, 0.29) is 12.5 Å². The zero-order chi connectivity index (χ0) is 25.8. The van der Waals surface area contributed by atoms with E-state index in [1.807, 2.05) is 24.3 Å². The van der Waals surface area contributed by atoms with Crippen LogP contribution in [-0.2, 0) is 16.1 Å². The van der Waals surface area contributed by atoms with Crippen molar-refractivity contribution in [3.8, 4) is 5.75 Å². The Balaban J connectivity index is 1.57. The van der Waals surface area contributed by atoms with Crippen LogP contribution >= 0.6 is 50.9 Å². The number of rotatable bonds is 6. The van der Waals surface area contributed by atoms with Gasteiger partial charge in [0.2, 0.25) is 0 Å². The van der Waals surface area contributed by atoms with E-state index < -0.39 is 5.97 Å². The number of methoxy groups -OCH3 is 1. The molecule has 3 aromatic rings. The molecule has 0 N–H and O–H groups in total. The summed E-state index contributed by atoms with van der Waals surface area (Å²) >= 11 is 17.0. The third kappa shape index (κ3) is 6.13. The van der Waals surface area contributed by atoms with Crippen LogP contribution < -0.4 is 4.74 Å². The molecule has 0 aliphatic carbocycles. The van der Waals surface area contributed by atoms with E-state index in [2.05, 4.69) is 20.9 Å². The van der Waals surface area contributed by atoms with Gasteiger partial charge in [-0.25, -0.2) is 9.79 Å². The molecule has 0 unspecified atom stereocenters. The number of thioether (sulfide) groups is 1. The first-order valence-electron chi connectivity index (χ1n) is 10.6. The van der Waals surface area contributed by atoms with Crippen molar-refractivity contribution in [3.05, 3.63) is 96.8 Å². The highest BCUT2D eigenvalue weighted by atomic mass is 79.9. The maximum Gasteiger partial charge on any atom is 0.337 e. The number of hydrogen-bond acceptors (Lipinski definition) is 6. The van der Waals surface area contributed by atoms with Crippen molar-refractivity contribution in [2.24, 2.45) is 4.99 Å². The number of aliphatic imine (C=N–C) groups is 1. The first kappa shape index (κ1) is 26.3. The number of likely N-dealkylation sites (N-methyl/N-ethyl adjacent to an activating group) is 1. The zero-order valence-electron chi connectivity index (χ0n) is 19.1. The Hall–Kier alpha value is -2.78. The van der Waals surface area contributed by atoms with Crippen LogP contribution in [0.1, 0.15) is 21.5 Å². The second-order valence-corrected chi connectivity index (χ2v) is 10.4. The van der Waals surface area contributed by atoms with Gasteiger partial charge in [-0.15, -0.1) is 0 Å². The van der Waals surface area contributed by atoms with Gasteiger partial charge in [-0.05, 0) is 72.4 Å². The van der Waals surface area contributed by atoms with Crippen molar-refractivity contribution in [1.29, 1.82) is 0 Å². The molecule has 0 radical (unpaired) electrons. The molecule has 1 heterocycles. The van der Waals surface area contributed by atoms with E-state index in [0.717, 1.165) is 15.6 Å². The highest BCUT2D eigenvalue weighted by molar-refractivity contribution is 9.10. The SMILES string of the molecule is COC(=O)c1ccc(N=C2SC(=Cc3cc(Br)ccc3OCc3ccc(Cl)cc3Cl)C(=O)N2C)cc1. The quantitative estimate of drug-likeness (QED) is 0.217. The maximum atomic E-state index is 13.0. The highest BCUT2D eigenvalue weighted by Crippen LogP contribution is 2.36. The summed E-state index contributed by atoms with van der Waals surface area (Å²) in [7, 11) is 2.99. The van der Waals surface area contributed by atoms with E-state index in [1.165, 1.54) is 23.8 Å². The third-order valence-electron chi connectivity index (χ3n) is 5.17. The van der Waals surface area contributed by atoms with E-state index >= 15 is 0 Å². The Morgan fingerprint density at radius 2 is 1.86 bits per heavy atom. The second kappa shape index (κ2) is 11.5. The number of carbonyl (C=O) groups is 2. The minimum absolute atomic E-state index is 0.184. The van der Waals surface area contributed by atoms with Crippen LogP contribution in [0, 0.1) is 0 Å². The first-order valence-corrected chi connectivity index (χ1v) is 12.9. The van der Waals surface area contributed by atoms with Gasteiger partial charge in [0, 0.05) is 32.7 Å². The summed E-state index contributed by atoms with van der Waals surface area (Å²) in [5.41, 5.74) is 2.55. The van der Waals surface area contributed by atoms with Crippen LogP contribution in [0.3, 0.4) is 0 Å². The molecule has 184 valence electrons. The number of carbonyl (C=O) groups excluding carboxylic acids is 2. The van der Waals surface area contributed by atoms with Crippen molar-refractivity contribution >= 4 is 79.7 Å². The molecule has 0 bridgehead atoms. The molecule has 0 saturated carbocycles. The number of amidine groups is 1. The monoisotopic (exact) mass is 604 g/mol. The lowest BCUT2D eigenvalue weighted by Crippen LogP contribution is -2.23. The average molecular weight is 606 g/mol. The molecule has 1 aliphatic rings. The van der Waals surface area contributed by atoms with Crippen molar-refractivity contribution < 1.29 is 19.1 Å². The van der Waals surface area contributed by atoms with Gasteiger partial charge >= 0.3 is 5.97 Å². The molecule has 1 fully saturated rings. The Kier molecular flexibility index (Phi) is 8.41. The van der Waals surface area contributed by atoms with E-state index in [1.54, 1.807) is 49.5 Å². The van der Waals surface area contributed by atoms with Crippen LogP contribution in [0.2, 0.25) is 10.0 Å². The minimum atomic E-state index is -0.424. The van der Waals surface area contributed by atoms with Crippen molar-refractivity contribution in [1.82, 2.24) is 4.90 Å². The fourth-order valence-corrected chi connectivity index (χ4v) is 5.07. The van der Waals surface area contributed by atoms with Crippen LogP contribution in [0.15, 0.2) is 75.0 Å². The normalized spacial score (nSPS) is 15.6. The molecule has 3 aromatic carbocycles. The average Bonchev–Trinajstić information content (AvgIpc) is 3.12. The lowest BCUT2D eigenvalue weighted by molar-refractivity contribution is -0.121. The van der Waals surface area contributed by atoms with Crippen molar-refractivity contribution in [2.75, 3.05) is 14.2 Å². The van der Waals surface area contributed by atoms with Crippen LogP contribution in [0.25, 0.3) is 6.08 Å². The lowest BCUT2D eigenvalue weighted by atomic mass is 10.1. The van der Waals surface area contributed by atoms with Gasteiger partial charge < -0.3 is 9.47 Å². The molecule has 4 rings (SSSR count). The number of benzene rings is 3. The molecular weight excluding hydrogens is 587 g/mol. The molecular formula is C26H19BrCl2N2O4S. The Labute approximate surface area is 231 Å². The number of halogens is 3. The Morgan fingerprint density at radius 1 is 1.11 bits per heavy atom. The Bertz CT molecular complexity index is 1390. The molecule has 1 aliphatic heterocycles. The lowest BCUT2D eigenvalue weighted by Gasteiger charge is -2.11. The van der Waals surface area contributed by atoms with Gasteiger partial charge in [0.05, 0.1) is 23.3 Å². The predicted molar refractivity (Wildman–Crippen MR) is 148 cm³/mol. The largest absolute Gasteiger partial charge is 0.488 e. The summed E-state index contributed by atoms with van der Waals surface area (Å²) in [6.07, 6.45) is 1.77. The number of amides is 1. The molecule has 0 atom stereocenters. The number of hydrogen-bond donors (Lipinski definition) is 0. The third-order valence-corrected chi connectivity index (χ3v) is 7.31. The zero-order valence-corrected chi connectivity index (χ0v) is 23.0. The summed E-state index contributed by atoms with van der Waals surface area (Å²) in [6.45, 7) is 0.239. The van der Waals surface area contributed by atoms with Gasteiger partial charge in [-0.3, -0.25) is 9.69 Å². The van der Waals surface area contributed by atoms with E-state index in [0.29, 0.717) is 37.1 Å². The molecule has 0 spiro atoms. The van der Waals surface area contributed by atoms with Crippen LogP contribution in [0.4, 0.5) is 5.69 Å². The predicted octanol–water partition coefficient (Wildman–Crippen LogP) is 7.36. The second-order valence-electron chi connectivity index (χ2n) is 7.61. The minimum Gasteiger partial charge on any atom is -0.488 e. The summed E-state index contributed by atoms with van der Waals surface area (Å²) in [5.74, 6) is -0.0134. The fourth-order valence-electron chi connectivity index (χ4n) is 3.25. The van der Waals surface area contributed by atoms with Gasteiger partial charge in [-0.2, -0.15) is 0 Å². The van der Waals surface area contributed by atoms with Gasteiger partial charge in [0.1, 0.15) is 12.4 Å². The van der Waals surface area contributed by atoms with Crippen molar-refractivity contribution in [3.63, 3.8) is 0 Å². The number of nitrogens with zero attached hydrogens (tertiary/aromatic N) is 2. The summed E-state index contributed by atoms with van der Waals surface area (Å²) < 4.78 is 11.6. The molecule has 1 saturated heterocycles. The Morgan fingerprint density at radius 3 is 2.56 bits per heavy atom. The fraction of sp³-hybridized carbons (Fsp3) is 0.115. The highest BCUT2D eigenvalue weighted by Gasteiger charge is 2.30. The van der Waals surface area contributed by atoms with Gasteiger partial charge in [0.25, 0.3) is 5.91 Å². The standard InChI is InChI=1S/C26H19BrCl2N2O4S/c1-31-24(32)23(36-26(31)30-20-8-4-15(5-9-20)25(33)34-2)12-17-11-18(27)6-10-22(17)35-14-16-3-7-19(28)13-21(16)29/h3-13H,14H2,1-2H3. The molecule has 36 heavy (non-hydrogen) atoms. The smallest absolute Gasteiger partial charge is 0.337 e. The molecule has 0 aromatic heterocycles. The molecule has 1 amide bonds. The van der Waals surface area contributed by atoms with Gasteiger partial charge in [-0.1, -0.05) is 45.2 Å². The first-order chi connectivity index (χ1) is 17.2. The number of ether oxygens (including phenoxy) is 2. The van der Waals surface area contributed by atoms with E-state index in [4.69, 9.17) is 32.7 Å². The van der Waals surface area contributed by atoms with Crippen molar-refractivity contribution in [2.45, 2.75) is 6.61 Å². The number of esters is 1. The molecule has 6 nitrogen and oxygen atoms in total. The van der Waals surface area contributed by atoms with Crippen LogP contribution in [-0.4, -0.2) is 36.1 Å².